The van der Waals surface area contributed by atoms with Gasteiger partial charge in [0.15, 0.2) is 0 Å². The number of benzene rings is 1. The van der Waals surface area contributed by atoms with E-state index >= 15 is 0 Å². The van der Waals surface area contributed by atoms with Crippen LogP contribution in [0.15, 0.2) is 18.2 Å². The minimum absolute atomic E-state index is 0.363. The molecule has 1 aliphatic rings. The average molecular weight is 353 g/mol. The fourth-order valence-electron chi connectivity index (χ4n) is 2.82. The molecule has 1 aliphatic heterocycles. The van der Waals surface area contributed by atoms with Crippen molar-refractivity contribution in [3.05, 3.63) is 34.6 Å². The molecule has 2 rings (SSSR count). The van der Waals surface area contributed by atoms with Crippen LogP contribution in [0.4, 0.5) is 9.18 Å². The standard InChI is InChI=1S/C18H22ClFN2O2/c1-17(2,3)24-16(23)22-8-6-18(12-21,7-9-22)11-13-10-14(20)4-5-15(13)19/h4-5,10H,6-9,11H2,1-3H3. The first-order valence-corrected chi connectivity index (χ1v) is 8.35. The van der Waals surface area contributed by atoms with Gasteiger partial charge in [-0.2, -0.15) is 5.26 Å². The summed E-state index contributed by atoms with van der Waals surface area (Å²) in [4.78, 5) is 13.7. The molecule has 0 spiro atoms. The molecule has 6 heteroatoms. The summed E-state index contributed by atoms with van der Waals surface area (Å²) >= 11 is 6.13. The highest BCUT2D eigenvalue weighted by Gasteiger charge is 2.38. The molecule has 0 aromatic heterocycles. The molecule has 0 aliphatic carbocycles. The molecule has 1 fully saturated rings. The molecule has 1 amide bonds. The third kappa shape index (κ3) is 4.61. The zero-order valence-corrected chi connectivity index (χ0v) is 15.0. The van der Waals surface area contributed by atoms with Crippen molar-refractivity contribution in [2.45, 2.75) is 45.6 Å². The number of rotatable bonds is 2. The molecule has 1 heterocycles. The summed E-state index contributed by atoms with van der Waals surface area (Å²) in [5.74, 6) is -0.367. The molecular formula is C18H22ClFN2O2. The van der Waals surface area contributed by atoms with Crippen LogP contribution < -0.4 is 0 Å². The monoisotopic (exact) mass is 352 g/mol. The van der Waals surface area contributed by atoms with E-state index in [2.05, 4.69) is 6.07 Å². The second-order valence-corrected chi connectivity index (χ2v) is 7.68. The maximum atomic E-state index is 13.4. The number of halogens is 2. The van der Waals surface area contributed by atoms with Crippen LogP contribution in [0.5, 0.6) is 0 Å². The van der Waals surface area contributed by atoms with Gasteiger partial charge in [-0.05, 0) is 63.8 Å². The molecule has 4 nitrogen and oxygen atoms in total. The molecule has 1 aromatic carbocycles. The third-order valence-corrected chi connectivity index (χ3v) is 4.51. The minimum Gasteiger partial charge on any atom is -0.444 e. The van der Waals surface area contributed by atoms with Crippen molar-refractivity contribution in [1.82, 2.24) is 4.90 Å². The average Bonchev–Trinajstić information content (AvgIpc) is 2.50. The first kappa shape index (κ1) is 18.5. The van der Waals surface area contributed by atoms with Crippen LogP contribution in [0.1, 0.15) is 39.2 Å². The topological polar surface area (TPSA) is 53.3 Å². The van der Waals surface area contributed by atoms with Gasteiger partial charge >= 0.3 is 6.09 Å². The van der Waals surface area contributed by atoms with Crippen molar-refractivity contribution < 1.29 is 13.9 Å². The first-order chi connectivity index (χ1) is 11.1. The lowest BCUT2D eigenvalue weighted by atomic mass is 9.75. The lowest BCUT2D eigenvalue weighted by Crippen LogP contribution is -2.45. The Morgan fingerprint density at radius 1 is 1.42 bits per heavy atom. The fraction of sp³-hybridized carbons (Fsp3) is 0.556. The van der Waals surface area contributed by atoms with E-state index in [1.54, 1.807) is 4.90 Å². The van der Waals surface area contributed by atoms with Gasteiger partial charge in [-0.1, -0.05) is 11.6 Å². The van der Waals surface area contributed by atoms with E-state index in [1.807, 2.05) is 20.8 Å². The lowest BCUT2D eigenvalue weighted by Gasteiger charge is -2.38. The molecule has 1 saturated heterocycles. The number of amides is 1. The Morgan fingerprint density at radius 2 is 2.04 bits per heavy atom. The van der Waals surface area contributed by atoms with Gasteiger partial charge in [0.05, 0.1) is 11.5 Å². The predicted molar refractivity (Wildman–Crippen MR) is 90.2 cm³/mol. The Hall–Kier alpha value is -1.80. The van der Waals surface area contributed by atoms with Gasteiger partial charge < -0.3 is 9.64 Å². The highest BCUT2D eigenvalue weighted by Crippen LogP contribution is 2.36. The van der Waals surface area contributed by atoms with Crippen LogP contribution in [0, 0.1) is 22.6 Å². The van der Waals surface area contributed by atoms with Gasteiger partial charge in [0.1, 0.15) is 11.4 Å². The van der Waals surface area contributed by atoms with Crippen LogP contribution in [0.25, 0.3) is 0 Å². The maximum Gasteiger partial charge on any atom is 0.410 e. The predicted octanol–water partition coefficient (Wildman–Crippen LogP) is 4.56. The molecule has 0 unspecified atom stereocenters. The van der Waals surface area contributed by atoms with Crippen molar-refractivity contribution in [1.29, 1.82) is 5.26 Å². The van der Waals surface area contributed by atoms with Crippen molar-refractivity contribution in [2.24, 2.45) is 5.41 Å². The van der Waals surface area contributed by atoms with Crippen molar-refractivity contribution in [3.63, 3.8) is 0 Å². The van der Waals surface area contributed by atoms with Gasteiger partial charge in [-0.25, -0.2) is 9.18 Å². The Morgan fingerprint density at radius 3 is 2.58 bits per heavy atom. The largest absolute Gasteiger partial charge is 0.444 e. The Kier molecular flexibility index (Phi) is 5.39. The number of hydrogen-bond donors (Lipinski definition) is 0. The fourth-order valence-corrected chi connectivity index (χ4v) is 3.00. The highest BCUT2D eigenvalue weighted by molar-refractivity contribution is 6.31. The third-order valence-electron chi connectivity index (χ3n) is 4.15. The molecule has 1 aromatic rings. The first-order valence-electron chi connectivity index (χ1n) is 7.97. The highest BCUT2D eigenvalue weighted by atomic mass is 35.5. The van der Waals surface area contributed by atoms with Crippen LogP contribution in [0.3, 0.4) is 0 Å². The van der Waals surface area contributed by atoms with Gasteiger partial charge in [0.2, 0.25) is 0 Å². The Labute approximate surface area is 147 Å². The van der Waals surface area contributed by atoms with Gasteiger partial charge in [0.25, 0.3) is 0 Å². The molecular weight excluding hydrogens is 331 g/mol. The summed E-state index contributed by atoms with van der Waals surface area (Å²) < 4.78 is 18.8. The summed E-state index contributed by atoms with van der Waals surface area (Å²) in [6.07, 6.45) is 1.03. The molecule has 0 N–H and O–H groups in total. The molecule has 0 radical (unpaired) electrons. The summed E-state index contributed by atoms with van der Waals surface area (Å²) in [5, 5.41) is 10.1. The number of nitrogens with zero attached hydrogens (tertiary/aromatic N) is 2. The lowest BCUT2D eigenvalue weighted by molar-refractivity contribution is 0.0148. The van der Waals surface area contributed by atoms with E-state index in [-0.39, 0.29) is 11.9 Å². The number of likely N-dealkylation sites (tertiary alicyclic amines) is 1. The number of ether oxygens (including phenoxy) is 1. The number of carbonyl (C=O) groups is 1. The second kappa shape index (κ2) is 6.98. The van der Waals surface area contributed by atoms with Gasteiger partial charge in [-0.3, -0.25) is 0 Å². The number of carbonyl (C=O) groups excluding carboxylic acids is 1. The Balaban J connectivity index is 2.05. The SMILES string of the molecule is CC(C)(C)OC(=O)N1CCC(C#N)(Cc2cc(F)ccc2Cl)CC1. The minimum atomic E-state index is -0.643. The zero-order valence-electron chi connectivity index (χ0n) is 14.2. The van der Waals surface area contributed by atoms with Crippen LogP contribution in [0.2, 0.25) is 5.02 Å². The quantitative estimate of drug-likeness (QED) is 0.783. The van der Waals surface area contributed by atoms with Gasteiger partial charge in [-0.15, -0.1) is 0 Å². The summed E-state index contributed by atoms with van der Waals surface area (Å²) in [7, 11) is 0. The van der Waals surface area contributed by atoms with Crippen LogP contribution in [-0.2, 0) is 11.2 Å². The Bertz CT molecular complexity index is 656. The van der Waals surface area contributed by atoms with Crippen LogP contribution in [-0.4, -0.2) is 29.7 Å². The number of nitriles is 1. The van der Waals surface area contributed by atoms with Crippen molar-refractivity contribution >= 4 is 17.7 Å². The van der Waals surface area contributed by atoms with Crippen LogP contribution >= 0.6 is 11.6 Å². The van der Waals surface area contributed by atoms with E-state index < -0.39 is 11.0 Å². The maximum absolute atomic E-state index is 13.4. The van der Waals surface area contributed by atoms with E-state index in [9.17, 15) is 14.4 Å². The van der Waals surface area contributed by atoms with E-state index in [0.717, 1.165) is 0 Å². The van der Waals surface area contributed by atoms with Crippen molar-refractivity contribution in [2.75, 3.05) is 13.1 Å². The van der Waals surface area contributed by atoms with E-state index in [4.69, 9.17) is 16.3 Å². The summed E-state index contributed by atoms with van der Waals surface area (Å²) in [6, 6.07) is 6.55. The molecule has 24 heavy (non-hydrogen) atoms. The molecule has 130 valence electrons. The summed E-state index contributed by atoms with van der Waals surface area (Å²) in [6.45, 7) is 6.34. The normalized spacial score (nSPS) is 17.2. The van der Waals surface area contributed by atoms with Gasteiger partial charge in [0, 0.05) is 18.1 Å². The second-order valence-electron chi connectivity index (χ2n) is 7.27. The summed E-state index contributed by atoms with van der Waals surface area (Å²) in [5.41, 5.74) is -0.560. The smallest absolute Gasteiger partial charge is 0.410 e. The van der Waals surface area contributed by atoms with Crippen molar-refractivity contribution in [3.8, 4) is 6.07 Å². The molecule has 0 atom stereocenters. The number of piperidine rings is 1. The molecule has 0 bridgehead atoms. The van der Waals surface area contributed by atoms with E-state index in [1.165, 1.54) is 18.2 Å². The number of hydrogen-bond acceptors (Lipinski definition) is 3. The van der Waals surface area contributed by atoms with E-state index in [0.29, 0.717) is 42.9 Å². The molecule has 0 saturated carbocycles. The zero-order chi connectivity index (χ0) is 18.0.